The fourth-order valence-corrected chi connectivity index (χ4v) is 4.45. The van der Waals surface area contributed by atoms with Gasteiger partial charge in [-0.15, -0.1) is 0 Å². The Morgan fingerprint density at radius 3 is 2.72 bits per heavy atom. The van der Waals surface area contributed by atoms with Gasteiger partial charge in [0.25, 0.3) is 0 Å². The van der Waals surface area contributed by atoms with Crippen LogP contribution in [0.1, 0.15) is 0 Å². The van der Waals surface area contributed by atoms with Crippen LogP contribution in [0.5, 0.6) is 0 Å². The summed E-state index contributed by atoms with van der Waals surface area (Å²) in [5.74, 6) is -0.187. The van der Waals surface area contributed by atoms with Gasteiger partial charge in [-0.1, -0.05) is 36.9 Å². The molecule has 1 aliphatic heterocycles. The molecule has 2 heterocycles. The fourth-order valence-electron chi connectivity index (χ4n) is 4.45. The van der Waals surface area contributed by atoms with Crippen molar-refractivity contribution in [2.45, 2.75) is 6.04 Å². The Hall–Kier alpha value is -4.30. The second-order valence-electron chi connectivity index (χ2n) is 8.98. The largest absolute Gasteiger partial charge is 0.367 e. The summed E-state index contributed by atoms with van der Waals surface area (Å²) >= 11 is 0. The highest BCUT2D eigenvalue weighted by Gasteiger charge is 2.28. The molecule has 0 bridgehead atoms. The van der Waals surface area contributed by atoms with Gasteiger partial charge in [0.05, 0.1) is 22.9 Å². The van der Waals surface area contributed by atoms with Crippen LogP contribution >= 0.6 is 0 Å². The number of likely N-dealkylation sites (tertiary alicyclic amines) is 1. The summed E-state index contributed by atoms with van der Waals surface area (Å²) in [7, 11) is 4.12. The fraction of sp³-hybridized carbons (Fsp3) is 0.179. The molecule has 0 radical (unpaired) electrons. The first-order valence-corrected chi connectivity index (χ1v) is 11.7. The molecule has 0 unspecified atom stereocenters. The summed E-state index contributed by atoms with van der Waals surface area (Å²) in [6.45, 7) is 5.49. The number of likely N-dealkylation sites (N-methyl/N-ethyl adjacent to an activating group) is 2. The first-order chi connectivity index (χ1) is 17.4. The molecule has 1 aliphatic rings. The summed E-state index contributed by atoms with van der Waals surface area (Å²) in [4.78, 5) is 25.8. The molecule has 0 spiro atoms. The van der Waals surface area contributed by atoms with Crippen LogP contribution in [0.2, 0.25) is 0 Å². The molecule has 8 heteroatoms. The third kappa shape index (κ3) is 4.76. The number of carbonyl (C=O) groups is 1. The Morgan fingerprint density at radius 2 is 1.97 bits per heavy atom. The van der Waals surface area contributed by atoms with E-state index in [0.29, 0.717) is 23.2 Å². The van der Waals surface area contributed by atoms with Crippen LogP contribution in [0.4, 0.5) is 27.4 Å². The summed E-state index contributed by atoms with van der Waals surface area (Å²) in [6, 6.07) is 18.3. The maximum atomic E-state index is 13.9. The van der Waals surface area contributed by atoms with Gasteiger partial charge < -0.3 is 20.4 Å². The number of nitrogens with zero attached hydrogens (tertiary/aromatic N) is 4. The Morgan fingerprint density at radius 1 is 1.17 bits per heavy atom. The van der Waals surface area contributed by atoms with E-state index in [1.807, 2.05) is 49.5 Å². The van der Waals surface area contributed by atoms with Crippen LogP contribution in [-0.4, -0.2) is 54.0 Å². The average molecular weight is 483 g/mol. The van der Waals surface area contributed by atoms with Crippen LogP contribution in [0.25, 0.3) is 22.0 Å². The smallest absolute Gasteiger partial charge is 0.247 e. The van der Waals surface area contributed by atoms with E-state index >= 15 is 0 Å². The number of hydrogen-bond acceptors (Lipinski definition) is 6. The number of nitrogens with one attached hydrogen (secondary N) is 2. The Kier molecular flexibility index (Phi) is 6.35. The molecule has 4 aromatic rings. The number of halogens is 1. The van der Waals surface area contributed by atoms with Crippen molar-refractivity contribution in [3.05, 3.63) is 85.3 Å². The molecule has 1 aromatic heterocycles. The van der Waals surface area contributed by atoms with Crippen molar-refractivity contribution in [1.29, 1.82) is 0 Å². The van der Waals surface area contributed by atoms with Gasteiger partial charge in [0.15, 0.2) is 0 Å². The Balaban J connectivity index is 1.48. The van der Waals surface area contributed by atoms with E-state index in [4.69, 9.17) is 4.98 Å². The van der Waals surface area contributed by atoms with E-state index in [1.54, 1.807) is 12.3 Å². The Labute approximate surface area is 209 Å². The van der Waals surface area contributed by atoms with Crippen molar-refractivity contribution in [3.8, 4) is 11.1 Å². The van der Waals surface area contributed by atoms with E-state index in [0.717, 1.165) is 41.0 Å². The second-order valence-corrected chi connectivity index (χ2v) is 8.98. The van der Waals surface area contributed by atoms with Crippen LogP contribution in [0.3, 0.4) is 0 Å². The van der Waals surface area contributed by atoms with E-state index in [-0.39, 0.29) is 11.7 Å². The van der Waals surface area contributed by atoms with Gasteiger partial charge in [-0.05, 0) is 49.0 Å². The number of para-hydroxylation sites is 1. The molecular formula is C28H27FN6O. The van der Waals surface area contributed by atoms with Crippen LogP contribution in [-0.2, 0) is 4.79 Å². The number of hydrogen-bond donors (Lipinski definition) is 2. The predicted molar refractivity (Wildman–Crippen MR) is 143 cm³/mol. The molecule has 7 nitrogen and oxygen atoms in total. The molecule has 5 rings (SSSR count). The third-order valence-corrected chi connectivity index (χ3v) is 6.41. The van der Waals surface area contributed by atoms with Crippen molar-refractivity contribution in [1.82, 2.24) is 14.9 Å². The second kappa shape index (κ2) is 9.75. The van der Waals surface area contributed by atoms with E-state index in [1.165, 1.54) is 18.2 Å². The van der Waals surface area contributed by atoms with Gasteiger partial charge in [0.1, 0.15) is 5.82 Å². The highest BCUT2D eigenvalue weighted by Crippen LogP contribution is 2.33. The van der Waals surface area contributed by atoms with Gasteiger partial charge in [-0.2, -0.15) is 0 Å². The summed E-state index contributed by atoms with van der Waals surface area (Å²) in [6.07, 6.45) is 2.99. The van der Waals surface area contributed by atoms with Crippen LogP contribution in [0, 0.1) is 5.82 Å². The van der Waals surface area contributed by atoms with Crippen molar-refractivity contribution in [2.75, 3.05) is 42.7 Å². The van der Waals surface area contributed by atoms with Crippen LogP contribution in [0.15, 0.2) is 79.5 Å². The maximum absolute atomic E-state index is 13.9. The topological polar surface area (TPSA) is 73.4 Å². The summed E-state index contributed by atoms with van der Waals surface area (Å²) in [5, 5.41) is 7.02. The van der Waals surface area contributed by atoms with Crippen molar-refractivity contribution in [3.63, 3.8) is 0 Å². The minimum atomic E-state index is -0.301. The van der Waals surface area contributed by atoms with Crippen LogP contribution < -0.4 is 15.5 Å². The number of rotatable bonds is 7. The lowest BCUT2D eigenvalue weighted by molar-refractivity contribution is -0.111. The molecule has 0 aliphatic carbocycles. The molecule has 1 amide bonds. The first kappa shape index (κ1) is 23.4. The van der Waals surface area contributed by atoms with Crippen molar-refractivity contribution in [2.24, 2.45) is 0 Å². The highest BCUT2D eigenvalue weighted by molar-refractivity contribution is 6.02. The maximum Gasteiger partial charge on any atom is 0.247 e. The van der Waals surface area contributed by atoms with Crippen molar-refractivity contribution < 1.29 is 9.18 Å². The minimum Gasteiger partial charge on any atom is -0.367 e. The number of amides is 1. The molecule has 1 fully saturated rings. The van der Waals surface area contributed by atoms with Gasteiger partial charge >= 0.3 is 0 Å². The van der Waals surface area contributed by atoms with Gasteiger partial charge in [0.2, 0.25) is 11.9 Å². The molecule has 1 saturated heterocycles. The molecular weight excluding hydrogens is 455 g/mol. The number of carbonyl (C=O) groups excluding carboxylic acids is 1. The normalized spacial score (nSPS) is 13.8. The lowest BCUT2D eigenvalue weighted by Crippen LogP contribution is -2.56. The van der Waals surface area contributed by atoms with Crippen molar-refractivity contribution >= 4 is 39.8 Å². The lowest BCUT2D eigenvalue weighted by atomic mass is 10.0. The number of benzene rings is 3. The highest BCUT2D eigenvalue weighted by atomic mass is 19.1. The quantitative estimate of drug-likeness (QED) is 0.359. The number of anilines is 4. The molecule has 0 saturated carbocycles. The molecule has 2 N–H and O–H groups in total. The number of aromatic nitrogens is 2. The van der Waals surface area contributed by atoms with Gasteiger partial charge in [-0.25, -0.2) is 14.4 Å². The third-order valence-electron chi connectivity index (χ3n) is 6.41. The first-order valence-electron chi connectivity index (χ1n) is 11.7. The standard InChI is InChI=1S/C28H27FN6O/c1-4-26(36)32-24-14-21(11-12-25(24)35(3)22-16-34(2)17-22)31-28-30-15-19-8-6-10-23(27(19)33-28)18-7-5-9-20(29)13-18/h4-15,22H,1,16-17H2,2-3H3,(H,32,36)(H,30,31,33). The summed E-state index contributed by atoms with van der Waals surface area (Å²) < 4.78 is 13.9. The molecule has 3 aromatic carbocycles. The molecule has 0 atom stereocenters. The average Bonchev–Trinajstić information content (AvgIpc) is 2.86. The monoisotopic (exact) mass is 482 g/mol. The lowest BCUT2D eigenvalue weighted by Gasteiger charge is -2.43. The SMILES string of the molecule is C=CC(=O)Nc1cc(Nc2ncc3cccc(-c4cccc(F)c4)c3n2)ccc1N(C)C1CN(C)C1. The zero-order chi connectivity index (χ0) is 25.2. The van der Waals surface area contributed by atoms with E-state index in [9.17, 15) is 9.18 Å². The zero-order valence-corrected chi connectivity index (χ0v) is 20.2. The van der Waals surface area contributed by atoms with Gasteiger partial charge in [0, 0.05) is 43.0 Å². The van der Waals surface area contributed by atoms with E-state index < -0.39 is 0 Å². The minimum absolute atomic E-state index is 0.283. The van der Waals surface area contributed by atoms with Gasteiger partial charge in [-0.3, -0.25) is 4.79 Å². The summed E-state index contributed by atoms with van der Waals surface area (Å²) in [5.41, 5.74) is 4.59. The number of fused-ring (bicyclic) bond motifs is 1. The van der Waals surface area contributed by atoms with E-state index in [2.05, 4.69) is 39.0 Å². The molecule has 36 heavy (non-hydrogen) atoms. The zero-order valence-electron chi connectivity index (χ0n) is 20.2. The Bertz CT molecular complexity index is 1450. The predicted octanol–water partition coefficient (Wildman–Crippen LogP) is 5.05. The molecule has 182 valence electrons.